The van der Waals surface area contributed by atoms with E-state index < -0.39 is 0 Å². The topological polar surface area (TPSA) is 38.0 Å². The van der Waals surface area contributed by atoms with Crippen molar-refractivity contribution in [3.63, 3.8) is 0 Å². The molecule has 1 atom stereocenters. The standard InChI is InChI=1S/C8H14N2O/c1-3-10-6-8(5-9-10)4-7(2)11/h5-7,11H,3-4H2,1-2H3/t7-/m0/s1. The molecule has 0 amide bonds. The summed E-state index contributed by atoms with van der Waals surface area (Å²) in [5.41, 5.74) is 1.10. The Bertz CT molecular complexity index is 218. The fraction of sp³-hybridized carbons (Fsp3) is 0.625. The van der Waals surface area contributed by atoms with Crippen molar-refractivity contribution in [1.82, 2.24) is 9.78 Å². The highest BCUT2D eigenvalue weighted by molar-refractivity contribution is 5.04. The lowest BCUT2D eigenvalue weighted by Gasteiger charge is -1.98. The molecular formula is C8H14N2O. The van der Waals surface area contributed by atoms with Crippen molar-refractivity contribution >= 4 is 0 Å². The number of hydrogen-bond donors (Lipinski definition) is 1. The summed E-state index contributed by atoms with van der Waals surface area (Å²) < 4.78 is 1.86. The first-order chi connectivity index (χ1) is 5.22. The molecule has 0 bridgehead atoms. The molecule has 1 aromatic rings. The van der Waals surface area contributed by atoms with Gasteiger partial charge in [-0.15, -0.1) is 0 Å². The van der Waals surface area contributed by atoms with Crippen molar-refractivity contribution in [2.24, 2.45) is 0 Å². The maximum Gasteiger partial charge on any atom is 0.0553 e. The van der Waals surface area contributed by atoms with E-state index in [1.165, 1.54) is 0 Å². The molecule has 0 fully saturated rings. The van der Waals surface area contributed by atoms with Crippen LogP contribution in [0.25, 0.3) is 0 Å². The fourth-order valence-corrected chi connectivity index (χ4v) is 1.03. The van der Waals surface area contributed by atoms with Gasteiger partial charge in [-0.1, -0.05) is 0 Å². The lowest BCUT2D eigenvalue weighted by atomic mass is 10.2. The first-order valence-electron chi connectivity index (χ1n) is 3.91. The Kier molecular flexibility index (Phi) is 2.65. The quantitative estimate of drug-likeness (QED) is 0.700. The van der Waals surface area contributed by atoms with E-state index in [2.05, 4.69) is 5.10 Å². The molecule has 62 valence electrons. The molecule has 0 spiro atoms. The summed E-state index contributed by atoms with van der Waals surface area (Å²) in [6, 6.07) is 0. The smallest absolute Gasteiger partial charge is 0.0553 e. The van der Waals surface area contributed by atoms with Crippen LogP contribution in [-0.4, -0.2) is 21.0 Å². The number of hydrogen-bond acceptors (Lipinski definition) is 2. The average molecular weight is 154 g/mol. The van der Waals surface area contributed by atoms with Crippen LogP contribution in [0, 0.1) is 0 Å². The van der Waals surface area contributed by atoms with Crippen molar-refractivity contribution in [2.45, 2.75) is 32.9 Å². The van der Waals surface area contributed by atoms with Crippen molar-refractivity contribution < 1.29 is 5.11 Å². The van der Waals surface area contributed by atoms with Crippen LogP contribution < -0.4 is 0 Å². The third-order valence-electron chi connectivity index (χ3n) is 1.54. The van der Waals surface area contributed by atoms with Crippen LogP contribution in [0.4, 0.5) is 0 Å². The van der Waals surface area contributed by atoms with Crippen molar-refractivity contribution in [3.05, 3.63) is 18.0 Å². The molecule has 1 heterocycles. The normalized spacial score (nSPS) is 13.4. The molecule has 3 nitrogen and oxygen atoms in total. The molecule has 0 aliphatic rings. The lowest BCUT2D eigenvalue weighted by Crippen LogP contribution is -2.03. The summed E-state index contributed by atoms with van der Waals surface area (Å²) in [5.74, 6) is 0. The summed E-state index contributed by atoms with van der Waals surface area (Å²) in [6.45, 7) is 4.71. The zero-order valence-corrected chi connectivity index (χ0v) is 6.99. The van der Waals surface area contributed by atoms with Gasteiger partial charge in [0.2, 0.25) is 0 Å². The van der Waals surface area contributed by atoms with E-state index in [9.17, 15) is 0 Å². The second-order valence-corrected chi connectivity index (χ2v) is 2.76. The molecular weight excluding hydrogens is 140 g/mol. The van der Waals surface area contributed by atoms with E-state index in [-0.39, 0.29) is 6.10 Å². The number of aliphatic hydroxyl groups excluding tert-OH is 1. The van der Waals surface area contributed by atoms with Crippen molar-refractivity contribution in [3.8, 4) is 0 Å². The van der Waals surface area contributed by atoms with Gasteiger partial charge in [-0.05, 0) is 19.4 Å². The minimum absolute atomic E-state index is 0.274. The first-order valence-corrected chi connectivity index (χ1v) is 3.91. The highest BCUT2D eigenvalue weighted by Crippen LogP contribution is 2.01. The molecule has 11 heavy (non-hydrogen) atoms. The molecule has 1 N–H and O–H groups in total. The Morgan fingerprint density at radius 1 is 1.73 bits per heavy atom. The highest BCUT2D eigenvalue weighted by Gasteiger charge is 2.00. The molecule has 0 radical (unpaired) electrons. The second-order valence-electron chi connectivity index (χ2n) is 2.76. The van der Waals surface area contributed by atoms with Crippen LogP contribution in [0.2, 0.25) is 0 Å². The van der Waals surface area contributed by atoms with E-state index in [4.69, 9.17) is 5.11 Å². The van der Waals surface area contributed by atoms with E-state index >= 15 is 0 Å². The van der Waals surface area contributed by atoms with Gasteiger partial charge in [-0.2, -0.15) is 5.10 Å². The van der Waals surface area contributed by atoms with Gasteiger partial charge in [0.15, 0.2) is 0 Å². The Morgan fingerprint density at radius 3 is 2.91 bits per heavy atom. The van der Waals surface area contributed by atoms with Crippen molar-refractivity contribution in [1.29, 1.82) is 0 Å². The predicted octanol–water partition coefficient (Wildman–Crippen LogP) is 0.826. The minimum Gasteiger partial charge on any atom is -0.393 e. The van der Waals surface area contributed by atoms with E-state index in [0.717, 1.165) is 12.1 Å². The summed E-state index contributed by atoms with van der Waals surface area (Å²) in [4.78, 5) is 0. The molecule has 0 aliphatic carbocycles. The zero-order valence-electron chi connectivity index (χ0n) is 6.99. The summed E-state index contributed by atoms with van der Waals surface area (Å²) in [5, 5.41) is 13.1. The average Bonchev–Trinajstić information content (AvgIpc) is 2.34. The number of rotatable bonds is 3. The van der Waals surface area contributed by atoms with Crippen molar-refractivity contribution in [2.75, 3.05) is 0 Å². The van der Waals surface area contributed by atoms with Gasteiger partial charge in [-0.25, -0.2) is 0 Å². The lowest BCUT2D eigenvalue weighted by molar-refractivity contribution is 0.195. The molecule has 3 heteroatoms. The number of nitrogens with zero attached hydrogens (tertiary/aromatic N) is 2. The predicted molar refractivity (Wildman–Crippen MR) is 43.3 cm³/mol. The SMILES string of the molecule is CCn1cc(C[C@H](C)O)cn1. The molecule has 0 unspecified atom stereocenters. The largest absolute Gasteiger partial charge is 0.393 e. The van der Waals surface area contributed by atoms with Gasteiger partial charge in [0, 0.05) is 19.2 Å². The summed E-state index contributed by atoms with van der Waals surface area (Å²) >= 11 is 0. The number of aromatic nitrogens is 2. The zero-order chi connectivity index (χ0) is 8.27. The van der Waals surface area contributed by atoms with Gasteiger partial charge in [-0.3, -0.25) is 4.68 Å². The Hall–Kier alpha value is -0.830. The Balaban J connectivity index is 2.58. The van der Waals surface area contributed by atoms with Gasteiger partial charge in [0.05, 0.1) is 12.3 Å². The molecule has 1 rings (SSSR count). The molecule has 0 saturated carbocycles. The Labute approximate surface area is 66.7 Å². The van der Waals surface area contributed by atoms with Crippen LogP contribution in [0.15, 0.2) is 12.4 Å². The van der Waals surface area contributed by atoms with E-state index in [1.807, 2.05) is 17.8 Å². The summed E-state index contributed by atoms with van der Waals surface area (Å²) in [7, 11) is 0. The minimum atomic E-state index is -0.274. The maximum atomic E-state index is 9.05. The van der Waals surface area contributed by atoms with Crippen LogP contribution in [0.1, 0.15) is 19.4 Å². The van der Waals surface area contributed by atoms with Gasteiger partial charge < -0.3 is 5.11 Å². The molecule has 0 aromatic carbocycles. The third kappa shape index (κ3) is 2.35. The highest BCUT2D eigenvalue weighted by atomic mass is 16.3. The van der Waals surface area contributed by atoms with Crippen LogP contribution in [0.3, 0.4) is 0 Å². The van der Waals surface area contributed by atoms with Gasteiger partial charge >= 0.3 is 0 Å². The number of aryl methyl sites for hydroxylation is 1. The first kappa shape index (κ1) is 8.27. The number of aliphatic hydroxyl groups is 1. The maximum absolute atomic E-state index is 9.05. The Morgan fingerprint density at radius 2 is 2.45 bits per heavy atom. The molecule has 0 saturated heterocycles. The van der Waals surface area contributed by atoms with Crippen LogP contribution in [-0.2, 0) is 13.0 Å². The van der Waals surface area contributed by atoms with Gasteiger partial charge in [0.1, 0.15) is 0 Å². The molecule has 0 aliphatic heterocycles. The third-order valence-corrected chi connectivity index (χ3v) is 1.54. The van der Waals surface area contributed by atoms with E-state index in [1.54, 1.807) is 13.1 Å². The van der Waals surface area contributed by atoms with Crippen LogP contribution >= 0.6 is 0 Å². The monoisotopic (exact) mass is 154 g/mol. The van der Waals surface area contributed by atoms with E-state index in [0.29, 0.717) is 6.42 Å². The fourth-order valence-electron chi connectivity index (χ4n) is 1.03. The summed E-state index contributed by atoms with van der Waals surface area (Å²) in [6.07, 6.45) is 4.19. The van der Waals surface area contributed by atoms with Crippen LogP contribution in [0.5, 0.6) is 0 Å². The van der Waals surface area contributed by atoms with Gasteiger partial charge in [0.25, 0.3) is 0 Å². The molecule has 1 aromatic heterocycles. The second kappa shape index (κ2) is 3.53.